The fraction of sp³-hybridized carbons (Fsp3) is 0.0526. The second-order valence-electron chi connectivity index (χ2n) is 5.83. The lowest BCUT2D eigenvalue weighted by molar-refractivity contribution is 0.306. The van der Waals surface area contributed by atoms with Crippen molar-refractivity contribution >= 4 is 44.9 Å². The van der Waals surface area contributed by atoms with Gasteiger partial charge in [-0.25, -0.2) is 4.98 Å². The zero-order chi connectivity index (χ0) is 18.1. The van der Waals surface area contributed by atoms with Gasteiger partial charge in [0.2, 0.25) is 0 Å². The molecule has 1 heterocycles. The molecule has 4 rings (SSSR count). The summed E-state index contributed by atoms with van der Waals surface area (Å²) in [6.45, 7) is 0.384. The van der Waals surface area contributed by atoms with Crippen molar-refractivity contribution in [3.05, 3.63) is 65.2 Å². The Morgan fingerprint density at radius 2 is 1.88 bits per heavy atom. The van der Waals surface area contributed by atoms with Crippen LogP contribution in [0.1, 0.15) is 10.6 Å². The predicted molar refractivity (Wildman–Crippen MR) is 102 cm³/mol. The van der Waals surface area contributed by atoms with E-state index in [1.54, 1.807) is 24.3 Å². The van der Waals surface area contributed by atoms with Gasteiger partial charge >= 0.3 is 7.12 Å². The summed E-state index contributed by atoms with van der Waals surface area (Å²) in [7, 11) is -1.46. The number of ether oxygens (including phenoxy) is 1. The monoisotopic (exact) mass is 360 g/mol. The standard InChI is InChI=1S/C19H13BN2O3S/c21-10-18-22-17-8-3-13-9-15(6-7-16(13)19(17)26-18)25-11-12-1-4-14(5-2-12)20(23)24/h1-9,23-24H,11H2. The first kappa shape index (κ1) is 16.5. The van der Waals surface area contributed by atoms with Crippen LogP contribution in [0.2, 0.25) is 0 Å². The summed E-state index contributed by atoms with van der Waals surface area (Å²) < 4.78 is 6.85. The number of benzene rings is 3. The molecule has 126 valence electrons. The van der Waals surface area contributed by atoms with Gasteiger partial charge in [0, 0.05) is 5.39 Å². The molecule has 0 fully saturated rings. The van der Waals surface area contributed by atoms with Gasteiger partial charge < -0.3 is 14.8 Å². The first-order valence-corrected chi connectivity index (χ1v) is 8.77. The van der Waals surface area contributed by atoms with Gasteiger partial charge in [0.25, 0.3) is 0 Å². The third-order valence-electron chi connectivity index (χ3n) is 4.12. The minimum atomic E-state index is -1.46. The Morgan fingerprint density at radius 3 is 2.62 bits per heavy atom. The van der Waals surface area contributed by atoms with E-state index >= 15 is 0 Å². The van der Waals surface area contributed by atoms with Crippen molar-refractivity contribution in [1.29, 1.82) is 5.26 Å². The molecule has 3 aromatic carbocycles. The number of hydrogen-bond acceptors (Lipinski definition) is 6. The number of thiazole rings is 1. The smallest absolute Gasteiger partial charge is 0.488 e. The van der Waals surface area contributed by atoms with Crippen molar-refractivity contribution < 1.29 is 14.8 Å². The van der Waals surface area contributed by atoms with Gasteiger partial charge in [0.15, 0.2) is 5.01 Å². The molecule has 4 aromatic rings. The molecular formula is C19H13BN2O3S. The molecule has 0 aliphatic carbocycles. The lowest BCUT2D eigenvalue weighted by atomic mass is 9.80. The van der Waals surface area contributed by atoms with Gasteiger partial charge in [0.1, 0.15) is 18.4 Å². The Morgan fingerprint density at radius 1 is 1.08 bits per heavy atom. The highest BCUT2D eigenvalue weighted by atomic mass is 32.1. The first-order chi connectivity index (χ1) is 12.6. The topological polar surface area (TPSA) is 86.4 Å². The van der Waals surface area contributed by atoms with Gasteiger partial charge in [-0.05, 0) is 40.7 Å². The first-order valence-electron chi connectivity index (χ1n) is 7.95. The lowest BCUT2D eigenvalue weighted by Crippen LogP contribution is -2.29. The molecule has 1 aromatic heterocycles. The second-order valence-corrected chi connectivity index (χ2v) is 6.83. The van der Waals surface area contributed by atoms with E-state index in [1.165, 1.54) is 11.3 Å². The van der Waals surface area contributed by atoms with Crippen molar-refractivity contribution in [3.8, 4) is 11.8 Å². The molecule has 2 N–H and O–H groups in total. The fourth-order valence-electron chi connectivity index (χ4n) is 2.78. The number of rotatable bonds is 4. The van der Waals surface area contributed by atoms with Crippen molar-refractivity contribution in [2.45, 2.75) is 6.61 Å². The molecule has 0 radical (unpaired) electrons. The minimum absolute atomic E-state index is 0.384. The summed E-state index contributed by atoms with van der Waals surface area (Å²) in [6, 6.07) is 18.8. The van der Waals surface area contributed by atoms with Crippen LogP contribution in [-0.2, 0) is 6.61 Å². The van der Waals surface area contributed by atoms with Gasteiger partial charge in [0.05, 0.1) is 10.2 Å². The third-order valence-corrected chi connectivity index (χ3v) is 5.13. The number of hydrogen-bond donors (Lipinski definition) is 2. The number of nitrogens with zero attached hydrogens (tertiary/aromatic N) is 2. The van der Waals surface area contributed by atoms with Crippen LogP contribution in [0.15, 0.2) is 54.6 Å². The maximum atomic E-state index is 9.12. The third kappa shape index (κ3) is 3.14. The SMILES string of the molecule is N#Cc1nc2ccc3cc(OCc4ccc(B(O)O)cc4)ccc3c2s1. The van der Waals surface area contributed by atoms with E-state index in [9.17, 15) is 0 Å². The Labute approximate surface area is 153 Å². The summed E-state index contributed by atoms with van der Waals surface area (Å²) in [5, 5.41) is 29.8. The Balaban J connectivity index is 1.57. The predicted octanol–water partition coefficient (Wildman–Crippen LogP) is 2.58. The molecule has 0 atom stereocenters. The normalized spacial score (nSPS) is 10.8. The summed E-state index contributed by atoms with van der Waals surface area (Å²) in [5.41, 5.74) is 2.22. The Kier molecular flexibility index (Phi) is 4.31. The van der Waals surface area contributed by atoms with Crippen molar-refractivity contribution in [3.63, 3.8) is 0 Å². The number of fused-ring (bicyclic) bond motifs is 3. The Bertz CT molecular complexity index is 1130. The molecule has 0 saturated heterocycles. The Hall–Kier alpha value is -2.92. The van der Waals surface area contributed by atoms with E-state index in [2.05, 4.69) is 11.1 Å². The largest absolute Gasteiger partial charge is 0.489 e. The average molecular weight is 360 g/mol. The molecule has 0 bridgehead atoms. The van der Waals surface area contributed by atoms with E-state index in [0.29, 0.717) is 17.1 Å². The number of nitriles is 1. The number of aromatic nitrogens is 1. The van der Waals surface area contributed by atoms with Crippen molar-refractivity contribution in [2.75, 3.05) is 0 Å². The highest BCUT2D eigenvalue weighted by molar-refractivity contribution is 7.20. The van der Waals surface area contributed by atoms with Crippen LogP contribution >= 0.6 is 11.3 Å². The van der Waals surface area contributed by atoms with E-state index < -0.39 is 7.12 Å². The van der Waals surface area contributed by atoms with E-state index in [-0.39, 0.29) is 0 Å². The van der Waals surface area contributed by atoms with Gasteiger partial charge in [-0.2, -0.15) is 5.26 Å². The summed E-state index contributed by atoms with van der Waals surface area (Å²) in [6.07, 6.45) is 0. The average Bonchev–Trinajstić information content (AvgIpc) is 3.10. The van der Waals surface area contributed by atoms with Gasteiger partial charge in [-0.15, -0.1) is 11.3 Å². The zero-order valence-corrected chi connectivity index (χ0v) is 14.4. The van der Waals surface area contributed by atoms with Crippen LogP contribution < -0.4 is 10.2 Å². The molecule has 0 aliphatic rings. The van der Waals surface area contributed by atoms with Gasteiger partial charge in [-0.1, -0.05) is 30.3 Å². The molecule has 0 aliphatic heterocycles. The van der Waals surface area contributed by atoms with Crippen LogP contribution in [-0.4, -0.2) is 22.2 Å². The quantitative estimate of drug-likeness (QED) is 0.547. The molecule has 5 nitrogen and oxygen atoms in total. The molecule has 0 spiro atoms. The maximum Gasteiger partial charge on any atom is 0.488 e. The summed E-state index contributed by atoms with van der Waals surface area (Å²) >= 11 is 1.39. The van der Waals surface area contributed by atoms with Gasteiger partial charge in [-0.3, -0.25) is 0 Å². The molecule has 7 heteroatoms. The molecule has 26 heavy (non-hydrogen) atoms. The highest BCUT2D eigenvalue weighted by Crippen LogP contribution is 2.32. The van der Waals surface area contributed by atoms with Crippen molar-refractivity contribution in [2.24, 2.45) is 0 Å². The van der Waals surface area contributed by atoms with Crippen LogP contribution in [0.4, 0.5) is 0 Å². The van der Waals surface area contributed by atoms with Crippen LogP contribution in [0.5, 0.6) is 5.75 Å². The zero-order valence-electron chi connectivity index (χ0n) is 13.6. The van der Waals surface area contributed by atoms with Crippen LogP contribution in [0, 0.1) is 11.3 Å². The van der Waals surface area contributed by atoms with E-state index in [1.807, 2.05) is 30.3 Å². The maximum absolute atomic E-state index is 9.12. The molecule has 0 amide bonds. The van der Waals surface area contributed by atoms with Crippen LogP contribution in [0.25, 0.3) is 21.0 Å². The highest BCUT2D eigenvalue weighted by Gasteiger charge is 2.10. The van der Waals surface area contributed by atoms with Crippen molar-refractivity contribution in [1.82, 2.24) is 4.98 Å². The summed E-state index contributed by atoms with van der Waals surface area (Å²) in [5.74, 6) is 0.744. The van der Waals surface area contributed by atoms with Crippen LogP contribution in [0.3, 0.4) is 0 Å². The van der Waals surface area contributed by atoms with E-state index in [4.69, 9.17) is 20.0 Å². The lowest BCUT2D eigenvalue weighted by Gasteiger charge is -2.08. The second kappa shape index (κ2) is 6.77. The molecule has 0 saturated carbocycles. The minimum Gasteiger partial charge on any atom is -0.489 e. The molecule has 0 unspecified atom stereocenters. The molecular weight excluding hydrogens is 347 g/mol. The fourth-order valence-corrected chi connectivity index (χ4v) is 3.68. The van der Waals surface area contributed by atoms with E-state index in [0.717, 1.165) is 32.3 Å². The summed E-state index contributed by atoms with van der Waals surface area (Å²) in [4.78, 5) is 4.29.